The lowest BCUT2D eigenvalue weighted by molar-refractivity contribution is 0.316. The zero-order valence-corrected chi connectivity index (χ0v) is 12.2. The molecular weight excluding hydrogens is 309 g/mol. The summed E-state index contributed by atoms with van der Waals surface area (Å²) in [5, 5.41) is -2.14. The number of hydrogen-bond acceptors (Lipinski definition) is 3. The average molecular weight is 326 g/mol. The molecule has 18 heavy (non-hydrogen) atoms. The smallest absolute Gasteiger partial charge is 0.324 e. The van der Waals surface area contributed by atoms with Gasteiger partial charge in [0.05, 0.1) is 0 Å². The molecule has 0 saturated heterocycles. The third-order valence-corrected chi connectivity index (χ3v) is 7.41. The maximum atomic E-state index is 11.0. The van der Waals surface area contributed by atoms with Gasteiger partial charge in [0, 0.05) is 6.16 Å². The highest BCUT2D eigenvalue weighted by atomic mass is 31.2. The van der Waals surface area contributed by atoms with Crippen molar-refractivity contribution in [3.8, 4) is 0 Å². The van der Waals surface area contributed by atoms with Crippen molar-refractivity contribution in [2.24, 2.45) is 5.92 Å². The van der Waals surface area contributed by atoms with Gasteiger partial charge in [0.2, 0.25) is 0 Å². The quantitative estimate of drug-likeness (QED) is 0.359. The lowest BCUT2D eigenvalue weighted by Gasteiger charge is -2.25. The molecule has 0 saturated carbocycles. The monoisotopic (exact) mass is 326 g/mol. The van der Waals surface area contributed by atoms with Gasteiger partial charge in [0.1, 0.15) is 0 Å². The molecule has 0 heterocycles. The molecule has 0 fully saturated rings. The van der Waals surface area contributed by atoms with Crippen LogP contribution in [-0.4, -0.2) is 40.9 Å². The summed E-state index contributed by atoms with van der Waals surface area (Å²) in [6.07, 6.45) is -0.680. The summed E-state index contributed by atoms with van der Waals surface area (Å²) in [6.45, 7) is 1.22. The van der Waals surface area contributed by atoms with Crippen LogP contribution in [0.3, 0.4) is 0 Å². The molecule has 0 aliphatic heterocycles. The molecule has 0 radical (unpaired) electrons. The molecule has 0 spiro atoms. The third-order valence-electron chi connectivity index (χ3n) is 2.31. The SMILES string of the molecule is CC(CCCP(=O)(O)O)C(P(=O)(O)O)P(=O)(O)O. The third kappa shape index (κ3) is 7.14. The first kappa shape index (κ1) is 18.4. The van der Waals surface area contributed by atoms with Gasteiger partial charge in [-0.05, 0) is 18.8 Å². The number of rotatable bonds is 7. The van der Waals surface area contributed by atoms with Crippen LogP contribution in [0.25, 0.3) is 0 Å². The zero-order valence-electron chi connectivity index (χ0n) is 9.53. The minimum Gasteiger partial charge on any atom is -0.324 e. The van der Waals surface area contributed by atoms with E-state index < -0.39 is 40.3 Å². The largest absolute Gasteiger partial charge is 0.340 e. The molecule has 0 aliphatic rings. The molecule has 0 rings (SSSR count). The first-order valence-corrected chi connectivity index (χ1v) is 10.1. The van der Waals surface area contributed by atoms with Crippen molar-refractivity contribution in [1.29, 1.82) is 0 Å². The lowest BCUT2D eigenvalue weighted by atomic mass is 10.1. The minimum absolute atomic E-state index is 0.0814. The van der Waals surface area contributed by atoms with Crippen LogP contribution in [0.4, 0.5) is 0 Å². The summed E-state index contributed by atoms with van der Waals surface area (Å²) in [4.78, 5) is 52.8. The van der Waals surface area contributed by atoms with Gasteiger partial charge >= 0.3 is 22.8 Å². The van der Waals surface area contributed by atoms with E-state index in [1.54, 1.807) is 0 Å². The Morgan fingerprint density at radius 1 is 0.889 bits per heavy atom. The Morgan fingerprint density at radius 3 is 1.56 bits per heavy atom. The minimum atomic E-state index is -4.99. The summed E-state index contributed by atoms with van der Waals surface area (Å²) in [6, 6.07) is 0. The zero-order chi connectivity index (χ0) is 14.8. The highest BCUT2D eigenvalue weighted by molar-refractivity contribution is 7.70. The van der Waals surface area contributed by atoms with Crippen molar-refractivity contribution in [3.05, 3.63) is 0 Å². The maximum Gasteiger partial charge on any atom is 0.340 e. The summed E-state index contributed by atoms with van der Waals surface area (Å²) in [7, 11) is -14.2. The Hall–Kier alpha value is 0.450. The normalized spacial score (nSPS) is 16.0. The Morgan fingerprint density at radius 2 is 1.28 bits per heavy atom. The second-order valence-corrected chi connectivity index (χ2v) is 9.75. The van der Waals surface area contributed by atoms with Gasteiger partial charge in [-0.25, -0.2) is 0 Å². The Bertz CT molecular complexity index is 381. The Kier molecular flexibility index (Phi) is 6.42. The first-order valence-electron chi connectivity index (χ1n) is 4.90. The molecule has 110 valence electrons. The van der Waals surface area contributed by atoms with E-state index in [4.69, 9.17) is 29.4 Å². The van der Waals surface area contributed by atoms with Crippen molar-refractivity contribution < 1.29 is 43.1 Å². The van der Waals surface area contributed by atoms with Gasteiger partial charge in [-0.1, -0.05) is 6.92 Å². The fraction of sp³-hybridized carbons (Fsp3) is 1.00. The molecule has 12 heteroatoms. The van der Waals surface area contributed by atoms with Crippen LogP contribution in [-0.2, 0) is 13.7 Å². The Balaban J connectivity index is 4.72. The topological polar surface area (TPSA) is 173 Å². The van der Waals surface area contributed by atoms with E-state index in [-0.39, 0.29) is 12.8 Å². The maximum absolute atomic E-state index is 11.0. The lowest BCUT2D eigenvalue weighted by Crippen LogP contribution is -2.19. The molecule has 1 unspecified atom stereocenters. The highest BCUT2D eigenvalue weighted by Crippen LogP contribution is 2.63. The van der Waals surface area contributed by atoms with E-state index in [1.807, 2.05) is 0 Å². The van der Waals surface area contributed by atoms with E-state index in [1.165, 1.54) is 6.92 Å². The van der Waals surface area contributed by atoms with Crippen LogP contribution >= 0.6 is 22.8 Å². The molecule has 6 N–H and O–H groups in total. The van der Waals surface area contributed by atoms with Crippen LogP contribution in [0.2, 0.25) is 0 Å². The molecule has 1 atom stereocenters. The molecule has 0 aliphatic carbocycles. The average Bonchev–Trinajstić information content (AvgIpc) is 1.93. The van der Waals surface area contributed by atoms with Crippen molar-refractivity contribution in [2.45, 2.75) is 25.2 Å². The van der Waals surface area contributed by atoms with Crippen molar-refractivity contribution in [3.63, 3.8) is 0 Å². The van der Waals surface area contributed by atoms with E-state index in [0.717, 1.165) is 0 Å². The van der Waals surface area contributed by atoms with E-state index >= 15 is 0 Å². The fourth-order valence-electron chi connectivity index (χ4n) is 1.63. The van der Waals surface area contributed by atoms with E-state index in [0.29, 0.717) is 0 Å². The molecule has 0 bridgehead atoms. The van der Waals surface area contributed by atoms with Crippen molar-refractivity contribution in [1.82, 2.24) is 0 Å². The van der Waals surface area contributed by atoms with Crippen molar-refractivity contribution >= 4 is 22.8 Å². The summed E-state index contributed by atoms with van der Waals surface area (Å²) < 4.78 is 32.6. The van der Waals surface area contributed by atoms with E-state index in [2.05, 4.69) is 0 Å². The van der Waals surface area contributed by atoms with Gasteiger partial charge < -0.3 is 29.4 Å². The first-order chi connectivity index (χ1) is 7.75. The molecule has 0 aromatic heterocycles. The van der Waals surface area contributed by atoms with Gasteiger partial charge in [-0.3, -0.25) is 13.7 Å². The highest BCUT2D eigenvalue weighted by Gasteiger charge is 2.46. The number of hydrogen-bond donors (Lipinski definition) is 6. The van der Waals surface area contributed by atoms with Gasteiger partial charge in [-0.15, -0.1) is 0 Å². The Labute approximate surface area is 104 Å². The van der Waals surface area contributed by atoms with Gasteiger partial charge in [-0.2, -0.15) is 0 Å². The van der Waals surface area contributed by atoms with Crippen LogP contribution in [0.15, 0.2) is 0 Å². The second kappa shape index (κ2) is 6.27. The summed E-state index contributed by atoms with van der Waals surface area (Å²) in [5.41, 5.74) is 0. The standard InChI is InChI=1S/C6H17O9P3/c1-5(3-2-4-16(7,8)9)6(17(10,11)12)18(13,14)15/h5-6H,2-4H2,1H3,(H2,7,8,9)(H2,10,11,12)(H2,13,14,15). The van der Waals surface area contributed by atoms with Crippen LogP contribution in [0.1, 0.15) is 19.8 Å². The van der Waals surface area contributed by atoms with Crippen LogP contribution in [0, 0.1) is 5.92 Å². The molecule has 9 nitrogen and oxygen atoms in total. The summed E-state index contributed by atoms with van der Waals surface area (Å²) >= 11 is 0. The summed E-state index contributed by atoms with van der Waals surface area (Å²) in [5.74, 6) is -1.06. The molecular formula is C6H17O9P3. The van der Waals surface area contributed by atoms with Crippen LogP contribution in [0.5, 0.6) is 0 Å². The predicted octanol–water partition coefficient (Wildman–Crippen LogP) is 0.262. The predicted molar refractivity (Wildman–Crippen MR) is 63.2 cm³/mol. The molecule has 0 aromatic carbocycles. The van der Waals surface area contributed by atoms with Crippen molar-refractivity contribution in [2.75, 3.05) is 6.16 Å². The van der Waals surface area contributed by atoms with E-state index in [9.17, 15) is 13.7 Å². The van der Waals surface area contributed by atoms with Crippen LogP contribution < -0.4 is 0 Å². The fourth-order valence-corrected chi connectivity index (χ4v) is 5.41. The molecule has 0 amide bonds. The second-order valence-electron chi connectivity index (χ2n) is 4.10. The van der Waals surface area contributed by atoms with Gasteiger partial charge in [0.25, 0.3) is 0 Å². The van der Waals surface area contributed by atoms with Gasteiger partial charge in [0.15, 0.2) is 5.40 Å². The molecule has 0 aromatic rings.